The van der Waals surface area contributed by atoms with Gasteiger partial charge in [-0.3, -0.25) is 9.78 Å². The summed E-state index contributed by atoms with van der Waals surface area (Å²) < 4.78 is 5.80. The molecule has 1 atom stereocenters. The first-order valence-corrected chi connectivity index (χ1v) is 10.9. The number of furan rings is 1. The zero-order valence-corrected chi connectivity index (χ0v) is 18.3. The van der Waals surface area contributed by atoms with Crippen LogP contribution in [0.25, 0.3) is 22.4 Å². The lowest BCUT2D eigenvalue weighted by Crippen LogP contribution is -2.39. The van der Waals surface area contributed by atoms with Crippen molar-refractivity contribution in [1.29, 1.82) is 0 Å². The number of aromatic nitrogens is 3. The molecule has 1 aliphatic rings. The van der Waals surface area contributed by atoms with Crippen LogP contribution in [-0.2, 0) is 0 Å². The Balaban J connectivity index is 1.41. The molecule has 7 nitrogen and oxygen atoms in total. The molecular formula is C24H22ClN5O2. The number of nitrogens with zero attached hydrogens (tertiary/aromatic N) is 4. The molecule has 0 bridgehead atoms. The van der Waals surface area contributed by atoms with Crippen molar-refractivity contribution >= 4 is 34.3 Å². The first-order chi connectivity index (χ1) is 15.6. The predicted octanol–water partition coefficient (Wildman–Crippen LogP) is 5.00. The van der Waals surface area contributed by atoms with Crippen LogP contribution in [0.3, 0.4) is 0 Å². The number of benzene rings is 1. The predicted molar refractivity (Wildman–Crippen MR) is 124 cm³/mol. The summed E-state index contributed by atoms with van der Waals surface area (Å²) in [4.78, 5) is 28.6. The van der Waals surface area contributed by atoms with Gasteiger partial charge in [-0.2, -0.15) is 0 Å². The zero-order valence-electron chi connectivity index (χ0n) is 17.6. The van der Waals surface area contributed by atoms with E-state index in [0.717, 1.165) is 35.3 Å². The number of piperidine rings is 1. The molecule has 4 heterocycles. The molecule has 3 aromatic heterocycles. The maximum absolute atomic E-state index is 13.2. The van der Waals surface area contributed by atoms with Crippen molar-refractivity contribution in [2.45, 2.75) is 18.8 Å². The summed E-state index contributed by atoms with van der Waals surface area (Å²) in [6, 6.07) is 12.9. The summed E-state index contributed by atoms with van der Waals surface area (Å²) >= 11 is 6.07. The third kappa shape index (κ3) is 4.03. The fourth-order valence-electron chi connectivity index (χ4n) is 4.11. The first kappa shape index (κ1) is 20.5. The van der Waals surface area contributed by atoms with Gasteiger partial charge in [-0.05, 0) is 49.2 Å². The number of carbonyl (C=O) groups is 1. The van der Waals surface area contributed by atoms with Crippen molar-refractivity contribution in [1.82, 2.24) is 19.9 Å². The van der Waals surface area contributed by atoms with Crippen molar-refractivity contribution in [3.63, 3.8) is 0 Å². The van der Waals surface area contributed by atoms with E-state index in [-0.39, 0.29) is 11.8 Å². The third-order valence-electron chi connectivity index (χ3n) is 5.74. The number of anilines is 1. The molecule has 8 heteroatoms. The van der Waals surface area contributed by atoms with Crippen LogP contribution in [0.2, 0.25) is 5.02 Å². The number of hydrogen-bond donors (Lipinski definition) is 1. The average Bonchev–Trinajstić information content (AvgIpc) is 3.27. The van der Waals surface area contributed by atoms with Crippen LogP contribution >= 0.6 is 11.6 Å². The molecule has 32 heavy (non-hydrogen) atoms. The Labute approximate surface area is 190 Å². The SMILES string of the molecule is CNc1cc([C@H]2CCCN(C(=O)c3cc4cc(Cl)ccc4o3)C2)nc(-c2cccnc2)n1. The van der Waals surface area contributed by atoms with Gasteiger partial charge in [0.05, 0.1) is 5.69 Å². The van der Waals surface area contributed by atoms with Gasteiger partial charge in [-0.1, -0.05) is 11.6 Å². The molecule has 0 spiro atoms. The molecule has 1 saturated heterocycles. The third-order valence-corrected chi connectivity index (χ3v) is 5.97. The van der Waals surface area contributed by atoms with Gasteiger partial charge in [0.25, 0.3) is 5.91 Å². The van der Waals surface area contributed by atoms with E-state index in [4.69, 9.17) is 21.0 Å². The van der Waals surface area contributed by atoms with Gasteiger partial charge in [0, 0.05) is 60.5 Å². The molecule has 4 aromatic rings. The quantitative estimate of drug-likeness (QED) is 0.474. The molecule has 1 amide bonds. The molecule has 0 radical (unpaired) electrons. The van der Waals surface area contributed by atoms with Crippen LogP contribution in [0.4, 0.5) is 5.82 Å². The van der Waals surface area contributed by atoms with E-state index in [1.807, 2.05) is 30.1 Å². The number of fused-ring (bicyclic) bond motifs is 1. The minimum absolute atomic E-state index is 0.108. The van der Waals surface area contributed by atoms with Crippen molar-refractivity contribution in [2.75, 3.05) is 25.5 Å². The van der Waals surface area contributed by atoms with Gasteiger partial charge >= 0.3 is 0 Å². The Kier molecular flexibility index (Phi) is 5.49. The maximum atomic E-state index is 13.2. The van der Waals surface area contributed by atoms with E-state index in [1.165, 1.54) is 0 Å². The molecular weight excluding hydrogens is 426 g/mol. The van der Waals surface area contributed by atoms with Crippen molar-refractivity contribution in [3.8, 4) is 11.4 Å². The lowest BCUT2D eigenvalue weighted by Gasteiger charge is -2.32. The van der Waals surface area contributed by atoms with Gasteiger partial charge in [0.1, 0.15) is 11.4 Å². The molecule has 1 N–H and O–H groups in total. The summed E-state index contributed by atoms with van der Waals surface area (Å²) in [5.41, 5.74) is 2.43. The number of rotatable bonds is 4. The topological polar surface area (TPSA) is 84.2 Å². The summed E-state index contributed by atoms with van der Waals surface area (Å²) in [6.45, 7) is 1.26. The highest BCUT2D eigenvalue weighted by Gasteiger charge is 2.29. The lowest BCUT2D eigenvalue weighted by atomic mass is 9.94. The number of hydrogen-bond acceptors (Lipinski definition) is 6. The molecule has 0 unspecified atom stereocenters. The van der Waals surface area contributed by atoms with Crippen molar-refractivity contribution in [3.05, 3.63) is 71.3 Å². The maximum Gasteiger partial charge on any atom is 0.289 e. The minimum Gasteiger partial charge on any atom is -0.451 e. The monoisotopic (exact) mass is 447 g/mol. The molecule has 1 aromatic carbocycles. The van der Waals surface area contributed by atoms with Gasteiger partial charge in [0.2, 0.25) is 0 Å². The summed E-state index contributed by atoms with van der Waals surface area (Å²) in [6.07, 6.45) is 5.32. The van der Waals surface area contributed by atoms with E-state index in [2.05, 4.69) is 15.3 Å². The van der Waals surface area contributed by atoms with E-state index >= 15 is 0 Å². The van der Waals surface area contributed by atoms with Gasteiger partial charge in [-0.25, -0.2) is 9.97 Å². The summed E-state index contributed by atoms with van der Waals surface area (Å²) in [5.74, 6) is 1.69. The highest BCUT2D eigenvalue weighted by molar-refractivity contribution is 6.31. The number of likely N-dealkylation sites (tertiary alicyclic amines) is 1. The molecule has 0 aliphatic carbocycles. The summed E-state index contributed by atoms with van der Waals surface area (Å²) in [5, 5.41) is 4.56. The van der Waals surface area contributed by atoms with Gasteiger partial charge < -0.3 is 14.6 Å². The van der Waals surface area contributed by atoms with Crippen LogP contribution < -0.4 is 5.32 Å². The molecule has 162 valence electrons. The van der Waals surface area contributed by atoms with E-state index in [9.17, 15) is 4.79 Å². The lowest BCUT2D eigenvalue weighted by molar-refractivity contribution is 0.0676. The number of pyridine rings is 1. The van der Waals surface area contributed by atoms with E-state index < -0.39 is 0 Å². The normalized spacial score (nSPS) is 16.3. The summed E-state index contributed by atoms with van der Waals surface area (Å²) in [7, 11) is 1.84. The average molecular weight is 448 g/mol. The second-order valence-electron chi connectivity index (χ2n) is 7.88. The van der Waals surface area contributed by atoms with Gasteiger partial charge in [0.15, 0.2) is 11.6 Å². The van der Waals surface area contributed by atoms with Crippen LogP contribution in [0.5, 0.6) is 0 Å². The second-order valence-corrected chi connectivity index (χ2v) is 8.31. The number of nitrogens with one attached hydrogen (secondary N) is 1. The largest absolute Gasteiger partial charge is 0.451 e. The van der Waals surface area contributed by atoms with Crippen molar-refractivity contribution < 1.29 is 9.21 Å². The Bertz CT molecular complexity index is 1270. The van der Waals surface area contributed by atoms with Crippen LogP contribution in [0.15, 0.2) is 59.3 Å². The van der Waals surface area contributed by atoms with Crippen LogP contribution in [0, 0.1) is 0 Å². The number of carbonyl (C=O) groups excluding carboxylic acids is 1. The fourth-order valence-corrected chi connectivity index (χ4v) is 4.29. The Morgan fingerprint density at radius 3 is 2.94 bits per heavy atom. The molecule has 5 rings (SSSR count). The minimum atomic E-state index is -0.114. The second kappa shape index (κ2) is 8.59. The highest BCUT2D eigenvalue weighted by Crippen LogP contribution is 2.30. The smallest absolute Gasteiger partial charge is 0.289 e. The molecule has 0 saturated carbocycles. The Morgan fingerprint density at radius 1 is 1.22 bits per heavy atom. The Morgan fingerprint density at radius 2 is 2.12 bits per heavy atom. The fraction of sp³-hybridized carbons (Fsp3) is 0.250. The first-order valence-electron chi connectivity index (χ1n) is 10.6. The number of halogens is 1. The zero-order chi connectivity index (χ0) is 22.1. The highest BCUT2D eigenvalue weighted by atomic mass is 35.5. The van der Waals surface area contributed by atoms with Crippen LogP contribution in [-0.4, -0.2) is 45.9 Å². The van der Waals surface area contributed by atoms with Crippen molar-refractivity contribution in [2.24, 2.45) is 0 Å². The Hall–Kier alpha value is -3.45. The number of amides is 1. The van der Waals surface area contributed by atoms with Gasteiger partial charge in [-0.15, -0.1) is 0 Å². The van der Waals surface area contributed by atoms with E-state index in [1.54, 1.807) is 36.7 Å². The molecule has 1 fully saturated rings. The standard InChI is InChI=1S/C24H22ClN5O2/c1-26-22-12-19(28-23(29-22)15-4-2-8-27-13-15)16-5-3-9-30(14-16)24(31)21-11-17-10-18(25)6-7-20(17)32-21/h2,4,6-8,10-13,16H,3,5,9,14H2,1H3,(H,26,28,29)/t16-/m0/s1. The molecule has 1 aliphatic heterocycles. The van der Waals surface area contributed by atoms with Crippen LogP contribution in [0.1, 0.15) is 35.0 Å². The van der Waals surface area contributed by atoms with E-state index in [0.29, 0.717) is 35.3 Å².